The van der Waals surface area contributed by atoms with Crippen LogP contribution in [0.1, 0.15) is 19.8 Å². The van der Waals surface area contributed by atoms with Crippen molar-refractivity contribution in [3.8, 4) is 0 Å². The molecule has 22 heavy (non-hydrogen) atoms. The van der Waals surface area contributed by atoms with E-state index in [0.717, 1.165) is 44.3 Å². The van der Waals surface area contributed by atoms with Crippen molar-refractivity contribution in [2.45, 2.75) is 31.9 Å². The van der Waals surface area contributed by atoms with Gasteiger partial charge in [0.05, 0.1) is 22.9 Å². The summed E-state index contributed by atoms with van der Waals surface area (Å²) < 4.78 is 6.96. The maximum absolute atomic E-state index is 5.66. The number of anilines is 1. The molecule has 1 atom stereocenters. The molecule has 2 aliphatic heterocycles. The highest BCUT2D eigenvalue weighted by Crippen LogP contribution is 2.31. The van der Waals surface area contributed by atoms with Crippen LogP contribution in [0.4, 0.5) is 5.13 Å². The number of morpholine rings is 1. The lowest BCUT2D eigenvalue weighted by Gasteiger charge is -2.41. The summed E-state index contributed by atoms with van der Waals surface area (Å²) in [5, 5.41) is 1.19. The van der Waals surface area contributed by atoms with Crippen molar-refractivity contribution in [3.05, 3.63) is 24.3 Å². The number of hydrogen-bond donors (Lipinski definition) is 0. The van der Waals surface area contributed by atoms with Gasteiger partial charge in [-0.2, -0.15) is 0 Å². The van der Waals surface area contributed by atoms with Crippen LogP contribution in [0.15, 0.2) is 24.3 Å². The van der Waals surface area contributed by atoms with Gasteiger partial charge in [-0.05, 0) is 31.9 Å². The first-order chi connectivity index (χ1) is 10.8. The zero-order valence-corrected chi connectivity index (χ0v) is 13.9. The van der Waals surface area contributed by atoms with E-state index in [2.05, 4.69) is 41.0 Å². The third-order valence-corrected chi connectivity index (χ3v) is 5.90. The van der Waals surface area contributed by atoms with Gasteiger partial charge in [0.25, 0.3) is 0 Å². The van der Waals surface area contributed by atoms with E-state index < -0.39 is 0 Å². The molecular formula is C17H23N3OS. The Hall–Kier alpha value is -1.17. The van der Waals surface area contributed by atoms with Crippen molar-refractivity contribution in [2.75, 3.05) is 37.7 Å². The molecule has 0 bridgehead atoms. The lowest BCUT2D eigenvalue weighted by atomic mass is 10.0. The Bertz CT molecular complexity index is 603. The van der Waals surface area contributed by atoms with Gasteiger partial charge in [0, 0.05) is 32.2 Å². The highest BCUT2D eigenvalue weighted by Gasteiger charge is 2.28. The van der Waals surface area contributed by atoms with Gasteiger partial charge in [-0.15, -0.1) is 0 Å². The molecule has 0 radical (unpaired) electrons. The van der Waals surface area contributed by atoms with E-state index in [1.165, 1.54) is 22.7 Å². The second-order valence-corrected chi connectivity index (χ2v) is 7.37. The normalized spacial score (nSPS) is 25.0. The van der Waals surface area contributed by atoms with Gasteiger partial charge in [0.15, 0.2) is 5.13 Å². The number of fused-ring (bicyclic) bond motifs is 1. The average molecular weight is 317 g/mol. The Morgan fingerprint density at radius 2 is 2.00 bits per heavy atom. The maximum Gasteiger partial charge on any atom is 0.186 e. The molecule has 0 N–H and O–H groups in total. The maximum atomic E-state index is 5.66. The van der Waals surface area contributed by atoms with Gasteiger partial charge in [-0.1, -0.05) is 23.5 Å². The lowest BCUT2D eigenvalue weighted by molar-refractivity contribution is -0.0373. The van der Waals surface area contributed by atoms with E-state index in [1.54, 1.807) is 0 Å². The Morgan fingerprint density at radius 3 is 2.77 bits per heavy atom. The van der Waals surface area contributed by atoms with E-state index in [-0.39, 0.29) is 0 Å². The fourth-order valence-electron chi connectivity index (χ4n) is 3.59. The van der Waals surface area contributed by atoms with Crippen LogP contribution in [0.3, 0.4) is 0 Å². The van der Waals surface area contributed by atoms with Crippen LogP contribution in [-0.4, -0.2) is 54.8 Å². The summed E-state index contributed by atoms with van der Waals surface area (Å²) in [6, 6.07) is 9.15. The topological polar surface area (TPSA) is 28.6 Å². The van der Waals surface area contributed by atoms with Crippen LogP contribution >= 0.6 is 11.3 Å². The average Bonchev–Trinajstić information content (AvgIpc) is 2.99. The highest BCUT2D eigenvalue weighted by molar-refractivity contribution is 7.22. The number of benzene rings is 1. The highest BCUT2D eigenvalue weighted by atomic mass is 32.1. The van der Waals surface area contributed by atoms with Crippen LogP contribution in [-0.2, 0) is 4.74 Å². The molecule has 4 nitrogen and oxygen atoms in total. The summed E-state index contributed by atoms with van der Waals surface area (Å²) in [6.07, 6.45) is 2.86. The molecule has 4 rings (SSSR count). The molecule has 2 saturated heterocycles. The summed E-state index contributed by atoms with van der Waals surface area (Å²) in [7, 11) is 0. The minimum Gasteiger partial charge on any atom is -0.376 e. The van der Waals surface area contributed by atoms with Crippen molar-refractivity contribution in [1.82, 2.24) is 9.88 Å². The minimum atomic E-state index is 0.385. The van der Waals surface area contributed by atoms with Gasteiger partial charge in [0.2, 0.25) is 0 Å². The number of para-hydroxylation sites is 1. The monoisotopic (exact) mass is 317 g/mol. The predicted octanol–water partition coefficient (Wildman–Crippen LogP) is 2.99. The molecule has 1 aromatic heterocycles. The van der Waals surface area contributed by atoms with Crippen molar-refractivity contribution < 1.29 is 4.74 Å². The third-order valence-electron chi connectivity index (χ3n) is 4.81. The molecule has 118 valence electrons. The molecule has 0 unspecified atom stereocenters. The lowest BCUT2D eigenvalue weighted by Crippen LogP contribution is -2.51. The molecule has 2 fully saturated rings. The molecule has 0 saturated carbocycles. The molecule has 2 aromatic rings. The van der Waals surface area contributed by atoms with Crippen molar-refractivity contribution in [3.63, 3.8) is 0 Å². The Kier molecular flexibility index (Phi) is 4.03. The molecule has 3 heterocycles. The molecule has 1 aromatic carbocycles. The van der Waals surface area contributed by atoms with E-state index in [9.17, 15) is 0 Å². The van der Waals surface area contributed by atoms with E-state index >= 15 is 0 Å². The van der Waals surface area contributed by atoms with Crippen molar-refractivity contribution in [2.24, 2.45) is 0 Å². The SMILES string of the molecule is C[C@@H]1CN(C2CCN(c3nc4ccccc4s3)CC2)CCO1. The number of rotatable bonds is 2. The second-order valence-electron chi connectivity index (χ2n) is 6.36. The van der Waals surface area contributed by atoms with Crippen molar-refractivity contribution >= 4 is 26.7 Å². The Morgan fingerprint density at radius 1 is 1.18 bits per heavy atom. The quantitative estimate of drug-likeness (QED) is 0.851. The van der Waals surface area contributed by atoms with Gasteiger partial charge < -0.3 is 9.64 Å². The Labute approximate surface area is 135 Å². The van der Waals surface area contributed by atoms with Gasteiger partial charge in [-0.3, -0.25) is 4.90 Å². The summed E-state index contributed by atoms with van der Waals surface area (Å²) in [6.45, 7) is 7.50. The number of nitrogens with zero attached hydrogens (tertiary/aromatic N) is 3. The first-order valence-electron chi connectivity index (χ1n) is 8.26. The number of piperidine rings is 1. The van der Waals surface area contributed by atoms with E-state index in [4.69, 9.17) is 9.72 Å². The molecule has 0 aliphatic carbocycles. The van der Waals surface area contributed by atoms with Gasteiger partial charge >= 0.3 is 0 Å². The molecule has 2 aliphatic rings. The fourth-order valence-corrected chi connectivity index (χ4v) is 4.61. The third kappa shape index (κ3) is 2.85. The summed E-state index contributed by atoms with van der Waals surface area (Å²) in [5.41, 5.74) is 1.13. The van der Waals surface area contributed by atoms with Crippen molar-refractivity contribution in [1.29, 1.82) is 0 Å². The first-order valence-corrected chi connectivity index (χ1v) is 9.07. The number of aromatic nitrogens is 1. The Balaban J connectivity index is 1.41. The number of ether oxygens (including phenoxy) is 1. The standard InChI is InChI=1S/C17H23N3OS/c1-13-12-20(10-11-21-13)14-6-8-19(9-7-14)17-18-15-4-2-3-5-16(15)22-17/h2-5,13-14H,6-12H2,1H3/t13-/m1/s1. The van der Waals surface area contributed by atoms with E-state index in [1.807, 2.05) is 11.3 Å². The number of hydrogen-bond acceptors (Lipinski definition) is 5. The van der Waals surface area contributed by atoms with Crippen LogP contribution in [0.25, 0.3) is 10.2 Å². The van der Waals surface area contributed by atoms with E-state index in [0.29, 0.717) is 6.10 Å². The molecular weight excluding hydrogens is 294 g/mol. The second kappa shape index (κ2) is 6.14. The summed E-state index contributed by atoms with van der Waals surface area (Å²) in [5.74, 6) is 0. The van der Waals surface area contributed by atoms with Crippen LogP contribution in [0.5, 0.6) is 0 Å². The smallest absolute Gasteiger partial charge is 0.186 e. The zero-order valence-electron chi connectivity index (χ0n) is 13.1. The summed E-state index contributed by atoms with van der Waals surface area (Å²) in [4.78, 5) is 9.89. The summed E-state index contributed by atoms with van der Waals surface area (Å²) >= 11 is 1.82. The van der Waals surface area contributed by atoms with Gasteiger partial charge in [0.1, 0.15) is 0 Å². The first kappa shape index (κ1) is 14.4. The van der Waals surface area contributed by atoms with Crippen LogP contribution < -0.4 is 4.90 Å². The number of thiazole rings is 1. The zero-order chi connectivity index (χ0) is 14.9. The van der Waals surface area contributed by atoms with Gasteiger partial charge in [-0.25, -0.2) is 4.98 Å². The molecule has 5 heteroatoms. The largest absolute Gasteiger partial charge is 0.376 e. The van der Waals surface area contributed by atoms with Crippen LogP contribution in [0.2, 0.25) is 0 Å². The molecule has 0 amide bonds. The molecule has 0 spiro atoms. The minimum absolute atomic E-state index is 0.385. The predicted molar refractivity (Wildman–Crippen MR) is 91.8 cm³/mol. The fraction of sp³-hybridized carbons (Fsp3) is 0.588. The van der Waals surface area contributed by atoms with Crippen LogP contribution in [0, 0.1) is 0 Å².